The van der Waals surface area contributed by atoms with Gasteiger partial charge in [0.1, 0.15) is 23.7 Å². The van der Waals surface area contributed by atoms with Crippen LogP contribution in [0.4, 0.5) is 4.39 Å². The Hall–Kier alpha value is -1.58. The van der Waals surface area contributed by atoms with Crippen LogP contribution in [0.2, 0.25) is 0 Å². The van der Waals surface area contributed by atoms with Gasteiger partial charge in [-0.05, 0) is 26.0 Å². The van der Waals surface area contributed by atoms with Gasteiger partial charge < -0.3 is 9.47 Å². The summed E-state index contributed by atoms with van der Waals surface area (Å²) in [5.74, 6) is 0.382. The molecule has 1 aliphatic rings. The number of halogens is 1. The van der Waals surface area contributed by atoms with E-state index in [2.05, 4.69) is 4.99 Å². The zero-order chi connectivity index (χ0) is 11.8. The lowest BCUT2D eigenvalue weighted by molar-refractivity contribution is 0.278. The maximum Gasteiger partial charge on any atom is 0.223 e. The van der Waals surface area contributed by atoms with Crippen LogP contribution in [0.3, 0.4) is 0 Å². The van der Waals surface area contributed by atoms with Gasteiger partial charge >= 0.3 is 0 Å². The summed E-state index contributed by atoms with van der Waals surface area (Å²) in [5.41, 5.74) is -0.00149. The van der Waals surface area contributed by atoms with Crippen LogP contribution < -0.4 is 4.74 Å². The van der Waals surface area contributed by atoms with E-state index in [4.69, 9.17) is 9.47 Å². The summed E-state index contributed by atoms with van der Waals surface area (Å²) in [6, 6.07) is 4.66. The van der Waals surface area contributed by atoms with Crippen molar-refractivity contribution in [2.75, 3.05) is 13.7 Å². The molecule has 1 aliphatic heterocycles. The molecular weight excluding hydrogens is 209 g/mol. The molecule has 3 nitrogen and oxygen atoms in total. The molecule has 1 aromatic carbocycles. The molecule has 0 fully saturated rings. The molecule has 0 radical (unpaired) electrons. The SMILES string of the molecule is COc1cccc(F)c1C1=NC(C)(C)CO1. The summed E-state index contributed by atoms with van der Waals surface area (Å²) in [6.07, 6.45) is 0. The summed E-state index contributed by atoms with van der Waals surface area (Å²) in [6.45, 7) is 4.33. The summed E-state index contributed by atoms with van der Waals surface area (Å²) in [4.78, 5) is 4.33. The number of ether oxygens (including phenoxy) is 2. The predicted octanol–water partition coefficient (Wildman–Crippen LogP) is 2.39. The van der Waals surface area contributed by atoms with E-state index in [1.807, 2.05) is 13.8 Å². The Morgan fingerprint density at radius 2 is 2.19 bits per heavy atom. The highest BCUT2D eigenvalue weighted by Crippen LogP contribution is 2.27. The second kappa shape index (κ2) is 3.77. The number of methoxy groups -OCH3 is 1. The number of hydrogen-bond donors (Lipinski definition) is 0. The third kappa shape index (κ3) is 1.87. The van der Waals surface area contributed by atoms with E-state index in [1.54, 1.807) is 12.1 Å². The van der Waals surface area contributed by atoms with Gasteiger partial charge in [-0.15, -0.1) is 0 Å². The van der Waals surface area contributed by atoms with Crippen LogP contribution in [-0.4, -0.2) is 25.2 Å². The number of rotatable bonds is 2. The smallest absolute Gasteiger partial charge is 0.223 e. The van der Waals surface area contributed by atoms with E-state index in [0.717, 1.165) is 0 Å². The first-order chi connectivity index (χ1) is 7.53. The average Bonchev–Trinajstić information content (AvgIpc) is 2.58. The van der Waals surface area contributed by atoms with Gasteiger partial charge in [-0.25, -0.2) is 9.38 Å². The van der Waals surface area contributed by atoms with Crippen molar-refractivity contribution in [3.8, 4) is 5.75 Å². The van der Waals surface area contributed by atoms with Gasteiger partial charge in [0.2, 0.25) is 5.90 Å². The monoisotopic (exact) mass is 223 g/mol. The van der Waals surface area contributed by atoms with Crippen molar-refractivity contribution in [2.24, 2.45) is 4.99 Å². The van der Waals surface area contributed by atoms with Crippen molar-refractivity contribution in [3.05, 3.63) is 29.6 Å². The van der Waals surface area contributed by atoms with E-state index >= 15 is 0 Å². The van der Waals surface area contributed by atoms with Crippen LogP contribution in [0.25, 0.3) is 0 Å². The van der Waals surface area contributed by atoms with Crippen LogP contribution in [0.5, 0.6) is 5.75 Å². The average molecular weight is 223 g/mol. The molecule has 0 N–H and O–H groups in total. The lowest BCUT2D eigenvalue weighted by atomic mass is 10.1. The van der Waals surface area contributed by atoms with Crippen LogP contribution in [-0.2, 0) is 4.74 Å². The van der Waals surface area contributed by atoms with Crippen LogP contribution >= 0.6 is 0 Å². The van der Waals surface area contributed by atoms with Crippen LogP contribution in [0.15, 0.2) is 23.2 Å². The van der Waals surface area contributed by atoms with Gasteiger partial charge in [0.25, 0.3) is 0 Å². The van der Waals surface area contributed by atoms with E-state index in [0.29, 0.717) is 23.8 Å². The fourth-order valence-corrected chi connectivity index (χ4v) is 1.59. The molecule has 86 valence electrons. The third-order valence-electron chi connectivity index (χ3n) is 2.38. The first-order valence-corrected chi connectivity index (χ1v) is 5.09. The molecule has 0 bridgehead atoms. The fourth-order valence-electron chi connectivity index (χ4n) is 1.59. The van der Waals surface area contributed by atoms with Crippen molar-refractivity contribution in [1.82, 2.24) is 0 Å². The van der Waals surface area contributed by atoms with Gasteiger partial charge in [0.05, 0.1) is 12.6 Å². The van der Waals surface area contributed by atoms with Gasteiger partial charge in [0, 0.05) is 0 Å². The highest BCUT2D eigenvalue weighted by Gasteiger charge is 2.30. The minimum atomic E-state index is -0.379. The van der Waals surface area contributed by atoms with Crippen LogP contribution in [0.1, 0.15) is 19.4 Å². The molecule has 1 heterocycles. The Morgan fingerprint density at radius 1 is 1.44 bits per heavy atom. The summed E-state index contributed by atoms with van der Waals surface area (Å²) >= 11 is 0. The lowest BCUT2D eigenvalue weighted by Gasteiger charge is -2.08. The van der Waals surface area contributed by atoms with E-state index < -0.39 is 0 Å². The van der Waals surface area contributed by atoms with Crippen molar-refractivity contribution >= 4 is 5.90 Å². The Morgan fingerprint density at radius 3 is 2.75 bits per heavy atom. The highest BCUT2D eigenvalue weighted by atomic mass is 19.1. The second-order valence-corrected chi connectivity index (χ2v) is 4.34. The van der Waals surface area contributed by atoms with Gasteiger partial charge in [-0.3, -0.25) is 0 Å². The number of nitrogens with zero attached hydrogens (tertiary/aromatic N) is 1. The van der Waals surface area contributed by atoms with Crippen molar-refractivity contribution in [2.45, 2.75) is 19.4 Å². The number of benzene rings is 1. The second-order valence-electron chi connectivity index (χ2n) is 4.34. The topological polar surface area (TPSA) is 30.8 Å². The standard InChI is InChI=1S/C12H14FNO2/c1-12(2)7-16-11(14-12)10-8(13)5-4-6-9(10)15-3/h4-6H,7H2,1-3H3. The molecule has 0 amide bonds. The largest absolute Gasteiger partial charge is 0.496 e. The molecule has 0 aromatic heterocycles. The third-order valence-corrected chi connectivity index (χ3v) is 2.38. The lowest BCUT2D eigenvalue weighted by Crippen LogP contribution is -2.17. The molecule has 0 saturated carbocycles. The maximum atomic E-state index is 13.7. The molecule has 0 aliphatic carbocycles. The Bertz CT molecular complexity index is 441. The molecule has 2 rings (SSSR count). The van der Waals surface area contributed by atoms with E-state index in [1.165, 1.54) is 13.2 Å². The van der Waals surface area contributed by atoms with Crippen LogP contribution in [0, 0.1) is 5.82 Å². The summed E-state index contributed by atoms with van der Waals surface area (Å²) < 4.78 is 24.2. The molecular formula is C12H14FNO2. The van der Waals surface area contributed by atoms with Crippen molar-refractivity contribution in [1.29, 1.82) is 0 Å². The molecule has 0 saturated heterocycles. The highest BCUT2D eigenvalue weighted by molar-refractivity contribution is 5.98. The zero-order valence-corrected chi connectivity index (χ0v) is 9.58. The Kier molecular flexibility index (Phi) is 2.58. The summed E-state index contributed by atoms with van der Waals surface area (Å²) in [5, 5.41) is 0. The minimum absolute atomic E-state index is 0.301. The predicted molar refractivity (Wildman–Crippen MR) is 59.5 cm³/mol. The minimum Gasteiger partial charge on any atom is -0.496 e. The molecule has 0 atom stereocenters. The Balaban J connectivity index is 2.49. The fraction of sp³-hybridized carbons (Fsp3) is 0.417. The first-order valence-electron chi connectivity index (χ1n) is 5.09. The zero-order valence-electron chi connectivity index (χ0n) is 9.58. The molecule has 0 spiro atoms. The van der Waals surface area contributed by atoms with E-state index in [-0.39, 0.29) is 11.4 Å². The van der Waals surface area contributed by atoms with Gasteiger partial charge in [0.15, 0.2) is 0 Å². The number of aliphatic imine (C=N–C) groups is 1. The van der Waals surface area contributed by atoms with E-state index in [9.17, 15) is 4.39 Å². The van der Waals surface area contributed by atoms with Crippen molar-refractivity contribution in [3.63, 3.8) is 0 Å². The Labute approximate surface area is 93.9 Å². The molecule has 1 aromatic rings. The molecule has 4 heteroatoms. The van der Waals surface area contributed by atoms with Gasteiger partial charge in [-0.2, -0.15) is 0 Å². The maximum absolute atomic E-state index is 13.7. The quantitative estimate of drug-likeness (QED) is 0.770. The summed E-state index contributed by atoms with van der Waals surface area (Å²) in [7, 11) is 1.50. The first kappa shape index (κ1) is 10.9. The molecule has 16 heavy (non-hydrogen) atoms. The molecule has 0 unspecified atom stereocenters. The van der Waals surface area contributed by atoms with Crippen molar-refractivity contribution < 1.29 is 13.9 Å². The van der Waals surface area contributed by atoms with Gasteiger partial charge in [-0.1, -0.05) is 6.07 Å². The normalized spacial score (nSPS) is 17.9. The number of hydrogen-bond acceptors (Lipinski definition) is 3.